The number of hydrogen-bond acceptors (Lipinski definition) is 5. The number of amides is 2. The zero-order valence-electron chi connectivity index (χ0n) is 20.1. The van der Waals surface area contributed by atoms with E-state index in [1.807, 2.05) is 0 Å². The van der Waals surface area contributed by atoms with Crippen LogP contribution in [0.5, 0.6) is 5.75 Å². The Bertz CT molecular complexity index is 1130. The van der Waals surface area contributed by atoms with E-state index in [0.717, 1.165) is 0 Å². The number of hydrogen-bond donors (Lipinski definition) is 0. The Morgan fingerprint density at radius 3 is 2.46 bits per heavy atom. The lowest BCUT2D eigenvalue weighted by atomic mass is 9.94. The first-order valence-corrected chi connectivity index (χ1v) is 11.4. The van der Waals surface area contributed by atoms with Gasteiger partial charge in [-0.1, -0.05) is 12.1 Å². The fourth-order valence-corrected chi connectivity index (χ4v) is 4.87. The van der Waals surface area contributed by atoms with Gasteiger partial charge in [0.1, 0.15) is 16.9 Å². The van der Waals surface area contributed by atoms with Gasteiger partial charge in [-0.2, -0.15) is 0 Å². The number of alkyl halides is 3. The molecule has 0 unspecified atom stereocenters. The van der Waals surface area contributed by atoms with E-state index in [2.05, 4.69) is 9.72 Å². The highest BCUT2D eigenvalue weighted by Gasteiger charge is 2.59. The van der Waals surface area contributed by atoms with Crippen molar-refractivity contribution in [2.75, 3.05) is 13.6 Å². The van der Waals surface area contributed by atoms with Crippen LogP contribution in [-0.2, 0) is 9.53 Å². The van der Waals surface area contributed by atoms with Crippen molar-refractivity contribution in [1.29, 1.82) is 0 Å². The molecular weight excluding hydrogens is 463 g/mol. The third kappa shape index (κ3) is 5.06. The molecule has 2 atom stereocenters. The van der Waals surface area contributed by atoms with Crippen molar-refractivity contribution in [2.24, 2.45) is 0 Å². The number of carbonyl (C=O) groups excluding carboxylic acids is 2. The average Bonchev–Trinajstić information content (AvgIpc) is 3.28. The zero-order valence-corrected chi connectivity index (χ0v) is 20.1. The summed E-state index contributed by atoms with van der Waals surface area (Å²) in [5.41, 5.74) is -0.103. The van der Waals surface area contributed by atoms with Gasteiger partial charge >= 0.3 is 12.5 Å². The van der Waals surface area contributed by atoms with Crippen LogP contribution >= 0.6 is 0 Å². The van der Waals surface area contributed by atoms with E-state index in [0.29, 0.717) is 42.6 Å². The van der Waals surface area contributed by atoms with Gasteiger partial charge < -0.3 is 14.4 Å². The van der Waals surface area contributed by atoms with Gasteiger partial charge in [-0.05, 0) is 75.4 Å². The molecule has 1 spiro atoms. The summed E-state index contributed by atoms with van der Waals surface area (Å²) in [6, 6.07) is 8.55. The lowest BCUT2D eigenvalue weighted by Gasteiger charge is -2.37. The predicted octanol–water partition coefficient (Wildman–Crippen LogP) is 5.32. The molecule has 0 N–H and O–H groups in total. The van der Waals surface area contributed by atoms with Crippen LogP contribution in [0.1, 0.15) is 51.8 Å². The summed E-state index contributed by atoms with van der Waals surface area (Å²) in [7, 11) is 1.71. The topological polar surface area (TPSA) is 72.0 Å². The predicted molar refractivity (Wildman–Crippen MR) is 121 cm³/mol. The van der Waals surface area contributed by atoms with Gasteiger partial charge in [-0.25, -0.2) is 4.79 Å². The van der Waals surface area contributed by atoms with Crippen LogP contribution in [0.4, 0.5) is 18.0 Å². The molecule has 0 saturated carbocycles. The van der Waals surface area contributed by atoms with Crippen molar-refractivity contribution >= 4 is 12.0 Å². The first-order valence-electron chi connectivity index (χ1n) is 11.4. The van der Waals surface area contributed by atoms with E-state index in [9.17, 15) is 22.8 Å². The Balaban J connectivity index is 1.70. The van der Waals surface area contributed by atoms with Crippen LogP contribution in [0.15, 0.2) is 42.6 Å². The quantitative estimate of drug-likeness (QED) is 0.581. The van der Waals surface area contributed by atoms with E-state index in [1.165, 1.54) is 23.1 Å². The van der Waals surface area contributed by atoms with Gasteiger partial charge in [-0.15, -0.1) is 13.2 Å². The molecular formula is C25H28F3N3O4. The van der Waals surface area contributed by atoms with Crippen LogP contribution in [0.3, 0.4) is 0 Å². The summed E-state index contributed by atoms with van der Waals surface area (Å²) < 4.78 is 47.7. The van der Waals surface area contributed by atoms with Crippen molar-refractivity contribution < 1.29 is 32.2 Å². The molecule has 2 fully saturated rings. The van der Waals surface area contributed by atoms with Crippen LogP contribution < -0.4 is 4.74 Å². The molecule has 3 heterocycles. The van der Waals surface area contributed by atoms with Crippen LogP contribution in [0.25, 0.3) is 11.1 Å². The Morgan fingerprint density at radius 2 is 1.83 bits per heavy atom. The smallest absolute Gasteiger partial charge is 0.444 e. The summed E-state index contributed by atoms with van der Waals surface area (Å²) in [6.45, 7) is 5.82. The first kappa shape index (κ1) is 24.8. The number of carbonyl (C=O) groups is 2. The van der Waals surface area contributed by atoms with E-state index in [-0.39, 0.29) is 11.7 Å². The van der Waals surface area contributed by atoms with Crippen molar-refractivity contribution in [2.45, 2.75) is 63.6 Å². The van der Waals surface area contributed by atoms with E-state index < -0.39 is 29.6 Å². The SMILES string of the molecule is CN1CC[C@@]2(CC[C@@H](c3cc(-c4cccc(OC(F)(F)F)c4)ccn3)N2C(=O)OC(C)(C)C)C1=O. The minimum atomic E-state index is -4.80. The van der Waals surface area contributed by atoms with Crippen molar-refractivity contribution in [1.82, 2.24) is 14.8 Å². The normalized spacial score (nSPS) is 22.7. The fourth-order valence-electron chi connectivity index (χ4n) is 4.87. The Labute approximate surface area is 201 Å². The summed E-state index contributed by atoms with van der Waals surface area (Å²) in [5.74, 6) is -0.456. The number of likely N-dealkylation sites (tertiary alicyclic amines) is 2. The molecule has 0 radical (unpaired) electrons. The maximum Gasteiger partial charge on any atom is 0.573 e. The number of rotatable bonds is 3. The number of pyridine rings is 1. The lowest BCUT2D eigenvalue weighted by Crippen LogP contribution is -2.54. The summed E-state index contributed by atoms with van der Waals surface area (Å²) in [5, 5.41) is 0. The van der Waals surface area contributed by atoms with Crippen LogP contribution in [0, 0.1) is 0 Å². The van der Waals surface area contributed by atoms with Gasteiger partial charge in [0.05, 0.1) is 11.7 Å². The molecule has 2 saturated heterocycles. The highest BCUT2D eigenvalue weighted by Crippen LogP contribution is 2.48. The number of benzene rings is 1. The summed E-state index contributed by atoms with van der Waals surface area (Å²) in [6.07, 6.45) is -2.36. The minimum absolute atomic E-state index is 0.126. The second-order valence-electron chi connectivity index (χ2n) is 9.96. The number of likely N-dealkylation sites (N-methyl/N-ethyl adjacent to an activating group) is 1. The highest BCUT2D eigenvalue weighted by atomic mass is 19.4. The zero-order chi connectivity index (χ0) is 25.6. The molecule has 0 aliphatic carbocycles. The van der Waals surface area contributed by atoms with Gasteiger partial charge in [0.15, 0.2) is 0 Å². The monoisotopic (exact) mass is 491 g/mol. The van der Waals surface area contributed by atoms with E-state index in [1.54, 1.807) is 57.1 Å². The summed E-state index contributed by atoms with van der Waals surface area (Å²) in [4.78, 5) is 34.2. The highest BCUT2D eigenvalue weighted by molar-refractivity contribution is 5.92. The van der Waals surface area contributed by atoms with Crippen molar-refractivity contribution in [3.8, 4) is 16.9 Å². The molecule has 2 aliphatic heterocycles. The summed E-state index contributed by atoms with van der Waals surface area (Å²) >= 11 is 0. The number of halogens is 3. The Kier molecular flexibility index (Phi) is 6.19. The molecule has 2 amide bonds. The third-order valence-electron chi connectivity index (χ3n) is 6.32. The van der Waals surface area contributed by atoms with Gasteiger partial charge in [0, 0.05) is 19.8 Å². The molecule has 35 heavy (non-hydrogen) atoms. The number of ether oxygens (including phenoxy) is 2. The molecule has 0 bridgehead atoms. The maximum atomic E-state index is 13.4. The molecule has 7 nitrogen and oxygen atoms in total. The molecule has 1 aromatic heterocycles. The van der Waals surface area contributed by atoms with E-state index >= 15 is 0 Å². The average molecular weight is 492 g/mol. The Hall–Kier alpha value is -3.30. The lowest BCUT2D eigenvalue weighted by molar-refractivity contribution is -0.274. The molecule has 1 aromatic carbocycles. The van der Waals surface area contributed by atoms with Crippen LogP contribution in [0.2, 0.25) is 0 Å². The molecule has 188 valence electrons. The third-order valence-corrected chi connectivity index (χ3v) is 6.32. The molecule has 4 rings (SSSR count). The standard InChI is InChI=1S/C25H28F3N3O4/c1-23(2,3)35-22(33)31-20(8-10-24(31)11-13-30(4)21(24)32)19-15-17(9-12-29-19)16-6-5-7-18(14-16)34-25(26,27)28/h5-7,9,12,14-15,20H,8,10-11,13H2,1-4H3/t20-,24-/m0/s1. The molecule has 2 aromatic rings. The van der Waals surface area contributed by atoms with E-state index in [4.69, 9.17) is 4.74 Å². The molecule has 2 aliphatic rings. The fraction of sp³-hybridized carbons (Fsp3) is 0.480. The second-order valence-corrected chi connectivity index (χ2v) is 9.96. The van der Waals surface area contributed by atoms with Gasteiger partial charge in [-0.3, -0.25) is 14.7 Å². The van der Waals surface area contributed by atoms with Crippen LogP contribution in [-0.4, -0.2) is 57.9 Å². The largest absolute Gasteiger partial charge is 0.573 e. The van der Waals surface area contributed by atoms with Gasteiger partial charge in [0.2, 0.25) is 5.91 Å². The molecule has 10 heteroatoms. The first-order chi connectivity index (χ1) is 16.3. The van der Waals surface area contributed by atoms with Crippen molar-refractivity contribution in [3.63, 3.8) is 0 Å². The number of nitrogens with zero attached hydrogens (tertiary/aromatic N) is 3. The second kappa shape index (κ2) is 8.73. The number of aromatic nitrogens is 1. The Morgan fingerprint density at radius 1 is 1.11 bits per heavy atom. The maximum absolute atomic E-state index is 13.4. The minimum Gasteiger partial charge on any atom is -0.444 e. The van der Waals surface area contributed by atoms with Crippen molar-refractivity contribution in [3.05, 3.63) is 48.3 Å². The van der Waals surface area contributed by atoms with Gasteiger partial charge in [0.25, 0.3) is 0 Å².